The molecule has 20 heavy (non-hydrogen) atoms. The van der Waals surface area contributed by atoms with Gasteiger partial charge in [-0.25, -0.2) is 4.39 Å². The van der Waals surface area contributed by atoms with Crippen LogP contribution in [0.5, 0.6) is 5.75 Å². The first-order valence-corrected chi connectivity index (χ1v) is 7.50. The number of Topliss-reactive ketones (excluding diaryl/α,β-unsaturated/α-hetero) is 1. The highest BCUT2D eigenvalue weighted by Crippen LogP contribution is 2.22. The standard InChI is InChI=1S/C17H25FO2/c1-4-13(3)12-20-16-11-7-9-14(17(16)18)8-6-10-15(19)5-2/h7,9,11,13H,4-6,8,10,12H2,1-3H3. The van der Waals surface area contributed by atoms with Crippen LogP contribution in [0.4, 0.5) is 4.39 Å². The fourth-order valence-corrected chi connectivity index (χ4v) is 1.86. The monoisotopic (exact) mass is 280 g/mol. The van der Waals surface area contributed by atoms with Gasteiger partial charge in [-0.05, 0) is 30.4 Å². The second-order valence-corrected chi connectivity index (χ2v) is 5.30. The summed E-state index contributed by atoms with van der Waals surface area (Å²) in [4.78, 5) is 11.2. The highest BCUT2D eigenvalue weighted by Gasteiger charge is 2.10. The van der Waals surface area contributed by atoms with Gasteiger partial charge in [0.15, 0.2) is 11.6 Å². The average Bonchev–Trinajstić information content (AvgIpc) is 2.47. The molecule has 112 valence electrons. The number of rotatable bonds is 9. The van der Waals surface area contributed by atoms with Crippen LogP contribution in [0.3, 0.4) is 0 Å². The number of carbonyl (C=O) groups excluding carboxylic acids is 1. The van der Waals surface area contributed by atoms with Crippen molar-refractivity contribution < 1.29 is 13.9 Å². The molecule has 2 nitrogen and oxygen atoms in total. The predicted molar refractivity (Wildman–Crippen MR) is 79.6 cm³/mol. The lowest BCUT2D eigenvalue weighted by Gasteiger charge is -2.13. The Hall–Kier alpha value is -1.38. The van der Waals surface area contributed by atoms with Crippen molar-refractivity contribution >= 4 is 5.78 Å². The predicted octanol–water partition coefficient (Wildman–Crippen LogP) is 4.55. The zero-order valence-electron chi connectivity index (χ0n) is 12.7. The lowest BCUT2D eigenvalue weighted by molar-refractivity contribution is -0.118. The van der Waals surface area contributed by atoms with Crippen molar-refractivity contribution in [2.24, 2.45) is 5.92 Å². The molecule has 0 bridgehead atoms. The Morgan fingerprint density at radius 3 is 2.75 bits per heavy atom. The summed E-state index contributed by atoms with van der Waals surface area (Å²) in [5.41, 5.74) is 0.635. The number of aryl methyl sites for hydroxylation is 1. The molecule has 1 atom stereocenters. The lowest BCUT2D eigenvalue weighted by Crippen LogP contribution is -2.09. The Morgan fingerprint density at radius 2 is 2.10 bits per heavy atom. The van der Waals surface area contributed by atoms with Gasteiger partial charge in [-0.1, -0.05) is 39.3 Å². The van der Waals surface area contributed by atoms with E-state index in [1.54, 1.807) is 12.1 Å². The van der Waals surface area contributed by atoms with E-state index in [9.17, 15) is 9.18 Å². The van der Waals surface area contributed by atoms with Crippen molar-refractivity contribution in [3.8, 4) is 5.75 Å². The third-order valence-corrected chi connectivity index (χ3v) is 3.56. The van der Waals surface area contributed by atoms with Crippen molar-refractivity contribution in [2.75, 3.05) is 6.61 Å². The van der Waals surface area contributed by atoms with Crippen molar-refractivity contribution in [3.05, 3.63) is 29.6 Å². The van der Waals surface area contributed by atoms with Crippen LogP contribution in [0.25, 0.3) is 0 Å². The summed E-state index contributed by atoms with van der Waals surface area (Å²) in [6, 6.07) is 5.24. The van der Waals surface area contributed by atoms with Gasteiger partial charge in [0.2, 0.25) is 0 Å². The van der Waals surface area contributed by atoms with Gasteiger partial charge in [0.05, 0.1) is 6.61 Å². The fraction of sp³-hybridized carbons (Fsp3) is 0.588. The Balaban J connectivity index is 2.58. The van der Waals surface area contributed by atoms with Crippen molar-refractivity contribution in [2.45, 2.75) is 52.9 Å². The number of benzene rings is 1. The molecule has 0 aliphatic heterocycles. The maximum absolute atomic E-state index is 14.2. The van der Waals surface area contributed by atoms with Crippen LogP contribution in [0.15, 0.2) is 18.2 Å². The third-order valence-electron chi connectivity index (χ3n) is 3.56. The Kier molecular flexibility index (Phi) is 7.27. The Morgan fingerprint density at radius 1 is 1.35 bits per heavy atom. The molecule has 3 heteroatoms. The van der Waals surface area contributed by atoms with E-state index in [0.717, 1.165) is 6.42 Å². The number of ether oxygens (including phenoxy) is 1. The zero-order valence-corrected chi connectivity index (χ0v) is 12.7. The molecule has 0 saturated carbocycles. The van der Waals surface area contributed by atoms with Crippen molar-refractivity contribution in [1.82, 2.24) is 0 Å². The molecule has 0 fully saturated rings. The number of hydrogen-bond acceptors (Lipinski definition) is 2. The number of carbonyl (C=O) groups is 1. The first kappa shape index (κ1) is 16.7. The van der Waals surface area contributed by atoms with Crippen molar-refractivity contribution in [3.63, 3.8) is 0 Å². The highest BCUT2D eigenvalue weighted by atomic mass is 19.1. The van der Waals surface area contributed by atoms with Crippen LogP contribution in [0.1, 0.15) is 52.0 Å². The van der Waals surface area contributed by atoms with Crippen LogP contribution >= 0.6 is 0 Å². The topological polar surface area (TPSA) is 26.3 Å². The number of halogens is 1. The van der Waals surface area contributed by atoms with E-state index < -0.39 is 0 Å². The summed E-state index contributed by atoms with van der Waals surface area (Å²) in [6.45, 7) is 6.56. The van der Waals surface area contributed by atoms with Crippen LogP contribution in [0, 0.1) is 11.7 Å². The molecular formula is C17H25FO2. The average molecular weight is 280 g/mol. The zero-order chi connectivity index (χ0) is 15.0. The van der Waals surface area contributed by atoms with E-state index in [0.29, 0.717) is 49.5 Å². The molecule has 0 heterocycles. The number of hydrogen-bond donors (Lipinski definition) is 0. The molecule has 0 aliphatic rings. The molecular weight excluding hydrogens is 255 g/mol. The summed E-state index contributed by atoms with van der Waals surface area (Å²) >= 11 is 0. The van der Waals surface area contributed by atoms with Gasteiger partial charge < -0.3 is 4.74 Å². The highest BCUT2D eigenvalue weighted by molar-refractivity contribution is 5.77. The summed E-state index contributed by atoms with van der Waals surface area (Å²) in [5.74, 6) is 0.694. The molecule has 0 aliphatic carbocycles. The summed E-state index contributed by atoms with van der Waals surface area (Å²) in [7, 11) is 0. The second kappa shape index (κ2) is 8.72. The maximum atomic E-state index is 14.2. The van der Waals surface area contributed by atoms with Gasteiger partial charge in [-0.15, -0.1) is 0 Å². The van der Waals surface area contributed by atoms with Gasteiger partial charge in [0.25, 0.3) is 0 Å². The van der Waals surface area contributed by atoms with E-state index >= 15 is 0 Å². The normalized spacial score (nSPS) is 12.2. The van der Waals surface area contributed by atoms with Gasteiger partial charge in [0.1, 0.15) is 5.78 Å². The SMILES string of the molecule is CCC(=O)CCCc1cccc(OCC(C)CC)c1F. The smallest absolute Gasteiger partial charge is 0.168 e. The van der Waals surface area contributed by atoms with Crippen molar-refractivity contribution in [1.29, 1.82) is 0 Å². The van der Waals surface area contributed by atoms with Gasteiger partial charge >= 0.3 is 0 Å². The van der Waals surface area contributed by atoms with E-state index in [1.807, 2.05) is 13.0 Å². The molecule has 1 aromatic carbocycles. The molecule has 1 unspecified atom stereocenters. The van der Waals surface area contributed by atoms with E-state index in [2.05, 4.69) is 13.8 Å². The van der Waals surface area contributed by atoms with Gasteiger partial charge in [0, 0.05) is 12.8 Å². The van der Waals surface area contributed by atoms with Crippen LogP contribution in [0.2, 0.25) is 0 Å². The molecule has 0 radical (unpaired) electrons. The van der Waals surface area contributed by atoms with Gasteiger partial charge in [-0.2, -0.15) is 0 Å². The van der Waals surface area contributed by atoms with E-state index in [1.165, 1.54) is 0 Å². The van der Waals surface area contributed by atoms with E-state index in [-0.39, 0.29) is 11.6 Å². The largest absolute Gasteiger partial charge is 0.490 e. The summed E-state index contributed by atoms with van der Waals surface area (Å²) < 4.78 is 19.8. The summed E-state index contributed by atoms with van der Waals surface area (Å²) in [5, 5.41) is 0. The second-order valence-electron chi connectivity index (χ2n) is 5.30. The van der Waals surface area contributed by atoms with Crippen LogP contribution < -0.4 is 4.74 Å². The van der Waals surface area contributed by atoms with Gasteiger partial charge in [-0.3, -0.25) is 4.79 Å². The summed E-state index contributed by atoms with van der Waals surface area (Å²) in [6.07, 6.45) is 3.37. The fourth-order valence-electron chi connectivity index (χ4n) is 1.86. The molecule has 0 spiro atoms. The maximum Gasteiger partial charge on any atom is 0.168 e. The minimum atomic E-state index is -0.278. The molecule has 0 saturated heterocycles. The Labute approximate surface area is 121 Å². The number of ketones is 1. The minimum Gasteiger partial charge on any atom is -0.490 e. The molecule has 1 rings (SSSR count). The molecule has 0 amide bonds. The molecule has 1 aromatic rings. The quantitative estimate of drug-likeness (QED) is 0.663. The Bertz CT molecular complexity index is 429. The van der Waals surface area contributed by atoms with Crippen LogP contribution in [-0.2, 0) is 11.2 Å². The first-order valence-electron chi connectivity index (χ1n) is 7.50. The first-order chi connectivity index (χ1) is 9.58. The van der Waals surface area contributed by atoms with E-state index in [4.69, 9.17) is 4.74 Å². The molecule has 0 aromatic heterocycles. The minimum absolute atomic E-state index is 0.231. The molecule has 0 N–H and O–H groups in total. The van der Waals surface area contributed by atoms with Crippen LogP contribution in [-0.4, -0.2) is 12.4 Å². The lowest BCUT2D eigenvalue weighted by atomic mass is 10.0. The third kappa shape index (κ3) is 5.32.